The third-order valence-corrected chi connectivity index (χ3v) is 1.47. The Balaban J connectivity index is 5.07. The van der Waals surface area contributed by atoms with Gasteiger partial charge in [0, 0.05) is 0 Å². The van der Waals surface area contributed by atoms with Gasteiger partial charge in [-0.25, -0.2) is 9.13 Å². The molecule has 0 rings (SSSR count). The van der Waals surface area contributed by atoms with Gasteiger partial charge in [0.05, 0.1) is 0 Å². The molecule has 17 heavy (non-hydrogen) atoms. The van der Waals surface area contributed by atoms with Crippen molar-refractivity contribution in [3.8, 4) is 0 Å². The average molecular weight is 280 g/mol. The molecular formula is C6H5F9O2. The second-order valence-electron chi connectivity index (χ2n) is 2.84. The van der Waals surface area contributed by atoms with Crippen molar-refractivity contribution >= 4 is 0 Å². The number of rotatable bonds is 6. The molecule has 0 saturated heterocycles. The van der Waals surface area contributed by atoms with Crippen molar-refractivity contribution in [3.05, 3.63) is 0 Å². The van der Waals surface area contributed by atoms with Gasteiger partial charge in [0.2, 0.25) is 0 Å². The van der Waals surface area contributed by atoms with Gasteiger partial charge in [-0.05, 0) is 0 Å². The van der Waals surface area contributed by atoms with E-state index in [-0.39, 0.29) is 0 Å². The van der Waals surface area contributed by atoms with Crippen LogP contribution in [0.2, 0.25) is 0 Å². The van der Waals surface area contributed by atoms with E-state index in [1.807, 2.05) is 4.74 Å². The van der Waals surface area contributed by atoms with E-state index in [0.717, 1.165) is 0 Å². The zero-order valence-corrected chi connectivity index (χ0v) is 7.67. The maximum absolute atomic E-state index is 12.3. The number of halogens is 9. The first-order chi connectivity index (χ1) is 7.33. The Kier molecular flexibility index (Phi) is 4.33. The molecule has 1 N–H and O–H groups in total. The lowest BCUT2D eigenvalue weighted by molar-refractivity contribution is -0.469. The molecule has 0 aliphatic rings. The van der Waals surface area contributed by atoms with E-state index in [0.29, 0.717) is 0 Å². The van der Waals surface area contributed by atoms with Crippen LogP contribution in [0.3, 0.4) is 0 Å². The highest BCUT2D eigenvalue weighted by Crippen LogP contribution is 2.44. The molecule has 0 aromatic rings. The smallest absolute Gasteiger partial charge is 0.390 e. The molecule has 0 fully saturated rings. The normalized spacial score (nSPS) is 15.2. The van der Waals surface area contributed by atoms with E-state index in [1.54, 1.807) is 0 Å². The standard InChI is InChI=1S/C6H5F9O2/c7-1-3(8,9)5(12,13)17-6(14,15)4(10,11)2-16/h16H,1-2H2. The Morgan fingerprint density at radius 3 is 1.41 bits per heavy atom. The molecule has 0 heterocycles. The summed E-state index contributed by atoms with van der Waals surface area (Å²) in [4.78, 5) is 0. The fourth-order valence-corrected chi connectivity index (χ4v) is 0.480. The second kappa shape index (κ2) is 4.52. The fraction of sp³-hybridized carbons (Fsp3) is 1.00. The first-order valence-electron chi connectivity index (χ1n) is 3.71. The molecule has 0 atom stereocenters. The Morgan fingerprint density at radius 2 is 1.12 bits per heavy atom. The van der Waals surface area contributed by atoms with Gasteiger partial charge in [-0.1, -0.05) is 0 Å². The highest BCUT2D eigenvalue weighted by atomic mass is 19.3. The largest absolute Gasteiger partial charge is 0.426 e. The van der Waals surface area contributed by atoms with Gasteiger partial charge in [-0.3, -0.25) is 0 Å². The van der Waals surface area contributed by atoms with E-state index in [2.05, 4.69) is 0 Å². The van der Waals surface area contributed by atoms with Gasteiger partial charge in [0.15, 0.2) is 6.67 Å². The number of ether oxygens (including phenoxy) is 1. The summed E-state index contributed by atoms with van der Waals surface area (Å²) in [6.45, 7) is -5.72. The third-order valence-electron chi connectivity index (χ3n) is 1.47. The number of hydrogen-bond donors (Lipinski definition) is 1. The number of alkyl halides is 9. The fourth-order valence-electron chi connectivity index (χ4n) is 0.480. The minimum atomic E-state index is -6.16. The van der Waals surface area contributed by atoms with E-state index >= 15 is 0 Å². The van der Waals surface area contributed by atoms with E-state index < -0.39 is 37.3 Å². The monoisotopic (exact) mass is 280 g/mol. The van der Waals surface area contributed by atoms with Crippen molar-refractivity contribution in [2.45, 2.75) is 24.1 Å². The quantitative estimate of drug-likeness (QED) is 0.757. The van der Waals surface area contributed by atoms with Gasteiger partial charge in [-0.2, -0.15) is 35.1 Å². The van der Waals surface area contributed by atoms with E-state index in [9.17, 15) is 39.5 Å². The minimum absolute atomic E-state index is 1.97. The topological polar surface area (TPSA) is 29.5 Å². The number of aliphatic hydroxyl groups is 1. The van der Waals surface area contributed by atoms with Crippen molar-refractivity contribution in [2.75, 3.05) is 13.3 Å². The summed E-state index contributed by atoms with van der Waals surface area (Å²) in [5.41, 5.74) is 0. The van der Waals surface area contributed by atoms with Crippen molar-refractivity contribution in [1.82, 2.24) is 0 Å². The maximum atomic E-state index is 12.3. The first kappa shape index (κ1) is 16.3. The first-order valence-corrected chi connectivity index (χ1v) is 3.71. The second-order valence-corrected chi connectivity index (χ2v) is 2.84. The Morgan fingerprint density at radius 1 is 0.765 bits per heavy atom. The van der Waals surface area contributed by atoms with Crippen LogP contribution in [0, 0.1) is 0 Å². The van der Waals surface area contributed by atoms with Crippen LogP contribution in [0.4, 0.5) is 39.5 Å². The highest BCUT2D eigenvalue weighted by molar-refractivity contribution is 4.82. The maximum Gasteiger partial charge on any atom is 0.426 e. The van der Waals surface area contributed by atoms with Crippen LogP contribution >= 0.6 is 0 Å². The minimum Gasteiger partial charge on any atom is -0.390 e. The van der Waals surface area contributed by atoms with Crippen molar-refractivity contribution in [3.63, 3.8) is 0 Å². The summed E-state index contributed by atoms with van der Waals surface area (Å²) < 4.78 is 111. The predicted octanol–water partition coefficient (Wildman–Crippen LogP) is 2.42. The molecule has 11 heteroatoms. The zero-order chi connectivity index (χ0) is 14.1. The lowest BCUT2D eigenvalue weighted by Gasteiger charge is -2.31. The molecule has 0 saturated carbocycles. The van der Waals surface area contributed by atoms with Crippen LogP contribution in [0.25, 0.3) is 0 Å². The predicted molar refractivity (Wildman–Crippen MR) is 33.9 cm³/mol. The van der Waals surface area contributed by atoms with Gasteiger partial charge in [0.1, 0.15) is 6.61 Å². The highest BCUT2D eigenvalue weighted by Gasteiger charge is 2.68. The lowest BCUT2D eigenvalue weighted by atomic mass is 10.3. The molecule has 0 radical (unpaired) electrons. The SMILES string of the molecule is OCC(F)(F)C(F)(F)OC(F)(F)C(F)(F)CF. The van der Waals surface area contributed by atoms with Crippen molar-refractivity contribution < 1.29 is 49.4 Å². The van der Waals surface area contributed by atoms with Crippen LogP contribution in [0.1, 0.15) is 0 Å². The van der Waals surface area contributed by atoms with Crippen LogP contribution in [0.15, 0.2) is 0 Å². The summed E-state index contributed by atoms with van der Waals surface area (Å²) in [5, 5.41) is 7.77. The molecule has 0 aromatic heterocycles. The molecule has 0 aliphatic heterocycles. The third kappa shape index (κ3) is 3.15. The van der Waals surface area contributed by atoms with Crippen molar-refractivity contribution in [2.24, 2.45) is 0 Å². The van der Waals surface area contributed by atoms with Gasteiger partial charge in [-0.15, -0.1) is 0 Å². The molecule has 0 spiro atoms. The van der Waals surface area contributed by atoms with Gasteiger partial charge in [0.25, 0.3) is 0 Å². The van der Waals surface area contributed by atoms with Crippen LogP contribution in [0.5, 0.6) is 0 Å². The summed E-state index contributed by atoms with van der Waals surface area (Å²) in [6.07, 6.45) is -12.3. The summed E-state index contributed by atoms with van der Waals surface area (Å²) in [6, 6.07) is 0. The molecule has 2 nitrogen and oxygen atoms in total. The molecule has 0 amide bonds. The molecule has 0 bridgehead atoms. The Labute approximate surface area is 88.0 Å². The summed E-state index contributed by atoms with van der Waals surface area (Å²) in [5.74, 6) is -11.2. The number of aliphatic hydroxyl groups excluding tert-OH is 1. The number of hydrogen-bond acceptors (Lipinski definition) is 2. The average Bonchev–Trinajstić information content (AvgIpc) is 2.15. The summed E-state index contributed by atoms with van der Waals surface area (Å²) in [7, 11) is 0. The Hall–Kier alpha value is -0.710. The zero-order valence-electron chi connectivity index (χ0n) is 7.67. The van der Waals surface area contributed by atoms with Crippen molar-refractivity contribution in [1.29, 1.82) is 0 Å². The molecule has 0 aliphatic carbocycles. The van der Waals surface area contributed by atoms with E-state index in [1.165, 1.54) is 0 Å². The molecule has 0 aromatic carbocycles. The van der Waals surface area contributed by atoms with Gasteiger partial charge < -0.3 is 5.11 Å². The van der Waals surface area contributed by atoms with E-state index in [4.69, 9.17) is 5.11 Å². The molecule has 104 valence electrons. The molecular weight excluding hydrogens is 275 g/mol. The van der Waals surface area contributed by atoms with Crippen LogP contribution in [-0.4, -0.2) is 42.5 Å². The van der Waals surface area contributed by atoms with Gasteiger partial charge >= 0.3 is 24.1 Å². The Bertz CT molecular complexity index is 238. The van der Waals surface area contributed by atoms with Crippen LogP contribution in [-0.2, 0) is 4.74 Å². The molecule has 0 unspecified atom stereocenters. The van der Waals surface area contributed by atoms with Crippen LogP contribution < -0.4 is 0 Å². The summed E-state index contributed by atoms with van der Waals surface area (Å²) >= 11 is 0. The lowest BCUT2D eigenvalue weighted by Crippen LogP contribution is -2.55.